The summed E-state index contributed by atoms with van der Waals surface area (Å²) < 4.78 is 40.5. The number of rotatable bonds is 7. The third-order valence-electron chi connectivity index (χ3n) is 5.08. The van der Waals surface area contributed by atoms with Crippen LogP contribution in [0.3, 0.4) is 0 Å². The highest BCUT2D eigenvalue weighted by Crippen LogP contribution is 2.32. The number of halogens is 3. The molecule has 0 aliphatic carbocycles. The molecule has 0 aliphatic rings. The van der Waals surface area contributed by atoms with Crippen LogP contribution in [-0.4, -0.2) is 10.5 Å². The largest absolute Gasteiger partial charge is 0.416 e. The van der Waals surface area contributed by atoms with E-state index in [1.807, 2.05) is 29.7 Å². The molecule has 0 radical (unpaired) electrons. The number of amides is 1. The summed E-state index contributed by atoms with van der Waals surface area (Å²) in [7, 11) is 0. The van der Waals surface area contributed by atoms with Gasteiger partial charge in [-0.3, -0.25) is 4.79 Å². The number of aromatic nitrogens is 1. The first-order valence-corrected chi connectivity index (χ1v) is 9.49. The van der Waals surface area contributed by atoms with Gasteiger partial charge in [0.25, 0.3) is 5.91 Å². The zero-order chi connectivity index (χ0) is 21.0. The Morgan fingerprint density at radius 1 is 1.00 bits per heavy atom. The van der Waals surface area contributed by atoms with E-state index in [0.29, 0.717) is 23.4 Å². The number of aryl methyl sites for hydroxylation is 1. The van der Waals surface area contributed by atoms with Crippen LogP contribution in [0.5, 0.6) is 0 Å². The fourth-order valence-electron chi connectivity index (χ4n) is 3.50. The minimum atomic E-state index is -4.38. The summed E-state index contributed by atoms with van der Waals surface area (Å²) in [5, 5.41) is 0. The van der Waals surface area contributed by atoms with Gasteiger partial charge < -0.3 is 10.3 Å². The number of primary amides is 1. The van der Waals surface area contributed by atoms with Crippen molar-refractivity contribution in [2.24, 2.45) is 5.73 Å². The predicted octanol–water partition coefficient (Wildman–Crippen LogP) is 5.60. The van der Waals surface area contributed by atoms with E-state index in [-0.39, 0.29) is 0 Å². The van der Waals surface area contributed by atoms with E-state index < -0.39 is 17.6 Å². The van der Waals surface area contributed by atoms with Crippen molar-refractivity contribution in [3.63, 3.8) is 0 Å². The Balaban J connectivity index is 1.81. The van der Waals surface area contributed by atoms with Crippen LogP contribution >= 0.6 is 0 Å². The molecule has 6 heteroatoms. The molecule has 0 saturated heterocycles. The second kappa shape index (κ2) is 8.55. The first-order chi connectivity index (χ1) is 13.8. The Morgan fingerprint density at radius 3 is 2.24 bits per heavy atom. The van der Waals surface area contributed by atoms with E-state index in [1.165, 1.54) is 17.7 Å². The minimum Gasteiger partial charge on any atom is -0.366 e. The molecular weight excluding hydrogens is 377 g/mol. The van der Waals surface area contributed by atoms with Crippen molar-refractivity contribution in [1.29, 1.82) is 0 Å². The molecule has 0 unspecified atom stereocenters. The first-order valence-electron chi connectivity index (χ1n) is 9.49. The number of unbranched alkanes of at least 4 members (excludes halogenated alkanes) is 1. The van der Waals surface area contributed by atoms with Gasteiger partial charge in [-0.1, -0.05) is 42.5 Å². The lowest BCUT2D eigenvalue weighted by molar-refractivity contribution is -0.137. The van der Waals surface area contributed by atoms with Gasteiger partial charge in [0, 0.05) is 17.9 Å². The molecule has 0 bridgehead atoms. The number of hydrogen-bond acceptors (Lipinski definition) is 1. The maximum absolute atomic E-state index is 12.9. The minimum absolute atomic E-state index is 0.392. The summed E-state index contributed by atoms with van der Waals surface area (Å²) in [6.07, 6.45) is -1.61. The molecule has 1 heterocycles. The molecule has 152 valence electrons. The van der Waals surface area contributed by atoms with Crippen molar-refractivity contribution in [2.75, 3.05) is 0 Å². The molecule has 0 spiro atoms. The molecule has 0 aliphatic heterocycles. The van der Waals surface area contributed by atoms with Crippen molar-refractivity contribution in [3.05, 3.63) is 83.0 Å². The van der Waals surface area contributed by atoms with E-state index in [0.717, 1.165) is 37.1 Å². The van der Waals surface area contributed by atoms with Gasteiger partial charge in [0.2, 0.25) is 0 Å². The van der Waals surface area contributed by atoms with E-state index in [1.54, 1.807) is 6.07 Å². The topological polar surface area (TPSA) is 48.0 Å². The van der Waals surface area contributed by atoms with Crippen LogP contribution < -0.4 is 5.73 Å². The summed E-state index contributed by atoms with van der Waals surface area (Å²) in [5.74, 6) is -0.543. The van der Waals surface area contributed by atoms with Crippen molar-refractivity contribution in [1.82, 2.24) is 4.57 Å². The van der Waals surface area contributed by atoms with E-state index in [2.05, 4.69) is 12.1 Å². The SMILES string of the molecule is Cc1c(C(N)=O)cc(-c2ccc(C(F)(F)F)cc2)n1CCCCc1ccccc1. The van der Waals surface area contributed by atoms with Crippen LogP contribution in [0.1, 0.15) is 40.0 Å². The molecule has 2 N–H and O–H groups in total. The van der Waals surface area contributed by atoms with Crippen molar-refractivity contribution >= 4 is 5.91 Å². The third-order valence-corrected chi connectivity index (χ3v) is 5.08. The lowest BCUT2D eigenvalue weighted by Crippen LogP contribution is -2.12. The molecule has 0 saturated carbocycles. The average molecular weight is 400 g/mol. The second-order valence-corrected chi connectivity index (χ2v) is 7.06. The highest BCUT2D eigenvalue weighted by molar-refractivity contribution is 5.95. The summed E-state index contributed by atoms with van der Waals surface area (Å²) in [4.78, 5) is 11.8. The van der Waals surface area contributed by atoms with Crippen molar-refractivity contribution < 1.29 is 18.0 Å². The maximum Gasteiger partial charge on any atom is 0.416 e. The van der Waals surface area contributed by atoms with Crippen molar-refractivity contribution in [3.8, 4) is 11.3 Å². The van der Waals surface area contributed by atoms with Gasteiger partial charge in [0.15, 0.2) is 0 Å². The number of alkyl halides is 3. The quantitative estimate of drug-likeness (QED) is 0.515. The second-order valence-electron chi connectivity index (χ2n) is 7.06. The molecule has 3 rings (SSSR count). The van der Waals surface area contributed by atoms with Gasteiger partial charge in [-0.2, -0.15) is 13.2 Å². The highest BCUT2D eigenvalue weighted by atomic mass is 19.4. The molecule has 2 aromatic carbocycles. The average Bonchev–Trinajstić information content (AvgIpc) is 3.02. The third kappa shape index (κ3) is 4.88. The van der Waals surface area contributed by atoms with Crippen molar-refractivity contribution in [2.45, 2.75) is 38.9 Å². The maximum atomic E-state index is 12.9. The summed E-state index contributed by atoms with van der Waals surface area (Å²) >= 11 is 0. The smallest absolute Gasteiger partial charge is 0.366 e. The highest BCUT2D eigenvalue weighted by Gasteiger charge is 2.30. The Morgan fingerprint density at radius 2 is 1.66 bits per heavy atom. The fraction of sp³-hybridized carbons (Fsp3) is 0.261. The van der Waals surface area contributed by atoms with Crippen LogP contribution in [0.15, 0.2) is 60.7 Å². The Labute approximate surface area is 168 Å². The summed E-state index contributed by atoms with van der Waals surface area (Å²) in [5.41, 5.74) is 8.49. The lowest BCUT2D eigenvalue weighted by atomic mass is 10.1. The monoisotopic (exact) mass is 400 g/mol. The Hall–Kier alpha value is -3.02. The fourth-order valence-corrected chi connectivity index (χ4v) is 3.50. The van der Waals surface area contributed by atoms with Gasteiger partial charge in [-0.05, 0) is 55.5 Å². The van der Waals surface area contributed by atoms with Crippen LogP contribution in [0.4, 0.5) is 13.2 Å². The predicted molar refractivity (Wildman–Crippen MR) is 108 cm³/mol. The normalized spacial score (nSPS) is 11.6. The standard InChI is InChI=1S/C23H23F3N2O/c1-16-20(22(27)29)15-21(18-10-12-19(13-11-18)23(24,25)26)28(16)14-6-5-9-17-7-3-2-4-8-17/h2-4,7-8,10-13,15H,5-6,9,14H2,1H3,(H2,27,29). The van der Waals surface area contributed by atoms with Gasteiger partial charge in [-0.25, -0.2) is 0 Å². The number of carbonyl (C=O) groups is 1. The molecular formula is C23H23F3N2O. The Kier molecular flexibility index (Phi) is 6.11. The van der Waals surface area contributed by atoms with Crippen LogP contribution in [0, 0.1) is 6.92 Å². The molecule has 3 aromatic rings. The number of benzene rings is 2. The summed E-state index contributed by atoms with van der Waals surface area (Å²) in [6.45, 7) is 2.47. The van der Waals surface area contributed by atoms with Gasteiger partial charge in [0.05, 0.1) is 11.1 Å². The molecule has 1 aromatic heterocycles. The molecule has 1 amide bonds. The van der Waals surface area contributed by atoms with Gasteiger partial charge in [0.1, 0.15) is 0 Å². The molecule has 0 fully saturated rings. The zero-order valence-corrected chi connectivity index (χ0v) is 16.2. The van der Waals surface area contributed by atoms with Gasteiger partial charge >= 0.3 is 6.18 Å². The van der Waals surface area contributed by atoms with Gasteiger partial charge in [-0.15, -0.1) is 0 Å². The number of nitrogens with two attached hydrogens (primary N) is 1. The molecule has 29 heavy (non-hydrogen) atoms. The summed E-state index contributed by atoms with van der Waals surface area (Å²) in [6, 6.07) is 16.8. The molecule has 3 nitrogen and oxygen atoms in total. The van der Waals surface area contributed by atoms with Crippen LogP contribution in [0.2, 0.25) is 0 Å². The van der Waals surface area contributed by atoms with Crippen LogP contribution in [0.25, 0.3) is 11.3 Å². The van der Waals surface area contributed by atoms with E-state index >= 15 is 0 Å². The van der Waals surface area contributed by atoms with E-state index in [4.69, 9.17) is 5.73 Å². The number of nitrogens with zero attached hydrogens (tertiary/aromatic N) is 1. The molecule has 0 atom stereocenters. The number of hydrogen-bond donors (Lipinski definition) is 1. The Bertz CT molecular complexity index is 974. The van der Waals surface area contributed by atoms with E-state index in [9.17, 15) is 18.0 Å². The lowest BCUT2D eigenvalue weighted by Gasteiger charge is -2.13. The number of carbonyl (C=O) groups excluding carboxylic acids is 1. The van der Waals surface area contributed by atoms with Crippen LogP contribution in [-0.2, 0) is 19.1 Å². The zero-order valence-electron chi connectivity index (χ0n) is 16.2. The first kappa shape index (κ1) is 20.7.